The van der Waals surface area contributed by atoms with Gasteiger partial charge < -0.3 is 9.47 Å². The summed E-state index contributed by atoms with van der Waals surface area (Å²) in [5.74, 6) is 0.320. The van der Waals surface area contributed by atoms with E-state index in [0.29, 0.717) is 23.7 Å². The topological polar surface area (TPSA) is 59.3 Å². The van der Waals surface area contributed by atoms with Gasteiger partial charge in [-0.1, -0.05) is 73.7 Å². The quantitative estimate of drug-likeness (QED) is 0.229. The Morgan fingerprint density at radius 2 is 1.59 bits per heavy atom. The Balaban J connectivity index is 1.88. The summed E-state index contributed by atoms with van der Waals surface area (Å²) in [4.78, 5) is 12.7. The molecule has 0 aliphatic carbocycles. The lowest BCUT2D eigenvalue weighted by molar-refractivity contribution is -0.129. The molecular weight excluding hydrogens is 362 g/mol. The van der Waals surface area contributed by atoms with Crippen molar-refractivity contribution in [3.8, 4) is 28.7 Å². The van der Waals surface area contributed by atoms with Gasteiger partial charge in [0.25, 0.3) is 0 Å². The molecule has 29 heavy (non-hydrogen) atoms. The number of nitrogens with zero attached hydrogens (tertiary/aromatic N) is 1. The van der Waals surface area contributed by atoms with Crippen LogP contribution < -0.4 is 9.47 Å². The summed E-state index contributed by atoms with van der Waals surface area (Å²) >= 11 is 0. The van der Waals surface area contributed by atoms with E-state index in [1.165, 1.54) is 6.08 Å². The van der Waals surface area contributed by atoms with E-state index in [2.05, 4.69) is 0 Å². The van der Waals surface area contributed by atoms with Gasteiger partial charge in [-0.25, -0.2) is 4.79 Å². The van der Waals surface area contributed by atoms with Gasteiger partial charge >= 0.3 is 5.97 Å². The second-order valence-corrected chi connectivity index (χ2v) is 6.31. The summed E-state index contributed by atoms with van der Waals surface area (Å²) in [6, 6.07) is 26.1. The van der Waals surface area contributed by atoms with Crippen molar-refractivity contribution >= 4 is 12.0 Å². The Hall–Kier alpha value is -3.84. The second-order valence-electron chi connectivity index (χ2n) is 6.31. The molecule has 0 spiro atoms. The van der Waals surface area contributed by atoms with Gasteiger partial charge in [-0.15, -0.1) is 0 Å². The van der Waals surface area contributed by atoms with E-state index in [0.717, 1.165) is 17.5 Å². The van der Waals surface area contributed by atoms with Gasteiger partial charge in [0.15, 0.2) is 0 Å². The molecule has 0 fully saturated rings. The van der Waals surface area contributed by atoms with Crippen LogP contribution in [0.4, 0.5) is 0 Å². The van der Waals surface area contributed by atoms with Gasteiger partial charge in [0.1, 0.15) is 23.1 Å². The van der Waals surface area contributed by atoms with Crippen molar-refractivity contribution in [3.05, 3.63) is 90.0 Å². The Bertz CT molecular complexity index is 1050. The molecule has 0 saturated heterocycles. The minimum Gasteiger partial charge on any atom is -0.493 e. The third-order valence-electron chi connectivity index (χ3n) is 4.20. The predicted molar refractivity (Wildman–Crippen MR) is 113 cm³/mol. The monoisotopic (exact) mass is 383 g/mol. The van der Waals surface area contributed by atoms with Crippen LogP contribution in [0.3, 0.4) is 0 Å². The maximum absolute atomic E-state index is 12.7. The zero-order chi connectivity index (χ0) is 20.5. The van der Waals surface area contributed by atoms with Crippen LogP contribution in [0.25, 0.3) is 17.2 Å². The molecule has 3 aromatic rings. The molecule has 0 unspecified atom stereocenters. The lowest BCUT2D eigenvalue weighted by Gasteiger charge is -2.11. The molecule has 4 nitrogen and oxygen atoms in total. The summed E-state index contributed by atoms with van der Waals surface area (Å²) in [6.07, 6.45) is 2.36. The first-order valence-corrected chi connectivity index (χ1v) is 9.43. The highest BCUT2D eigenvalue weighted by Crippen LogP contribution is 2.30. The normalized spacial score (nSPS) is 10.8. The van der Waals surface area contributed by atoms with Crippen molar-refractivity contribution in [2.24, 2.45) is 0 Å². The minimum atomic E-state index is -0.707. The first-order chi connectivity index (χ1) is 14.2. The van der Waals surface area contributed by atoms with Crippen molar-refractivity contribution in [1.29, 1.82) is 5.26 Å². The molecule has 3 rings (SSSR count). The number of benzene rings is 3. The highest BCUT2D eigenvalue weighted by atomic mass is 16.5. The van der Waals surface area contributed by atoms with Gasteiger partial charge in [-0.2, -0.15) is 5.26 Å². The molecule has 3 aromatic carbocycles. The Kier molecular flexibility index (Phi) is 6.80. The van der Waals surface area contributed by atoms with Crippen molar-refractivity contribution in [2.75, 3.05) is 6.61 Å². The highest BCUT2D eigenvalue weighted by Gasteiger charge is 2.16. The van der Waals surface area contributed by atoms with E-state index in [1.54, 1.807) is 18.2 Å². The summed E-state index contributed by atoms with van der Waals surface area (Å²) in [6.45, 7) is 2.57. The van der Waals surface area contributed by atoms with Crippen LogP contribution in [0, 0.1) is 11.3 Å². The van der Waals surface area contributed by atoms with Crippen molar-refractivity contribution in [1.82, 2.24) is 0 Å². The lowest BCUT2D eigenvalue weighted by Crippen LogP contribution is -2.11. The first kappa shape index (κ1) is 19.9. The molecule has 0 amide bonds. The number of para-hydroxylation sites is 2. The molecule has 0 radical (unpaired) electrons. The summed E-state index contributed by atoms with van der Waals surface area (Å²) in [5, 5.41) is 9.53. The maximum atomic E-state index is 12.7. The first-order valence-electron chi connectivity index (χ1n) is 9.43. The Morgan fingerprint density at radius 3 is 2.31 bits per heavy atom. The smallest absolute Gasteiger partial charge is 0.354 e. The number of carbonyl (C=O) groups excluding carboxylic acids is 1. The van der Waals surface area contributed by atoms with Crippen LogP contribution in [-0.2, 0) is 4.79 Å². The molecule has 0 aliphatic rings. The second kappa shape index (κ2) is 9.91. The van der Waals surface area contributed by atoms with Gasteiger partial charge in [0, 0.05) is 11.1 Å². The van der Waals surface area contributed by atoms with Crippen LogP contribution in [0.5, 0.6) is 11.5 Å². The molecule has 0 N–H and O–H groups in total. The van der Waals surface area contributed by atoms with Crippen LogP contribution in [0.2, 0.25) is 0 Å². The summed E-state index contributed by atoms with van der Waals surface area (Å²) in [7, 11) is 0. The fraction of sp³-hybridized carbons (Fsp3) is 0.120. The average molecular weight is 383 g/mol. The van der Waals surface area contributed by atoms with Gasteiger partial charge in [-0.3, -0.25) is 0 Å². The average Bonchev–Trinajstić information content (AvgIpc) is 2.77. The van der Waals surface area contributed by atoms with Crippen molar-refractivity contribution in [3.63, 3.8) is 0 Å². The molecule has 0 bridgehead atoms. The van der Waals surface area contributed by atoms with E-state index in [-0.39, 0.29) is 5.57 Å². The number of hydrogen-bond donors (Lipinski definition) is 0. The lowest BCUT2D eigenvalue weighted by atomic mass is 10.0. The zero-order valence-corrected chi connectivity index (χ0v) is 16.2. The molecule has 0 atom stereocenters. The number of ether oxygens (including phenoxy) is 2. The summed E-state index contributed by atoms with van der Waals surface area (Å²) < 4.78 is 11.3. The Morgan fingerprint density at radius 1 is 0.931 bits per heavy atom. The van der Waals surface area contributed by atoms with E-state index in [1.807, 2.05) is 73.7 Å². The fourth-order valence-corrected chi connectivity index (χ4v) is 2.80. The number of nitriles is 1. The van der Waals surface area contributed by atoms with E-state index >= 15 is 0 Å². The molecule has 0 heterocycles. The molecule has 0 aliphatic heterocycles. The van der Waals surface area contributed by atoms with Gasteiger partial charge in [0.2, 0.25) is 0 Å². The maximum Gasteiger partial charge on any atom is 0.354 e. The number of rotatable bonds is 7. The number of esters is 1. The standard InChI is InChI=1S/C25H21NO3/c1-2-16-28-23-14-8-6-12-20(23)17-21(18-26)25(27)29-24-15-9-7-13-22(24)19-10-4-3-5-11-19/h3-15,17H,2,16H2,1H3/b21-17+. The fourth-order valence-electron chi connectivity index (χ4n) is 2.80. The third kappa shape index (κ3) is 5.12. The molecular formula is C25H21NO3. The van der Waals surface area contributed by atoms with E-state index in [9.17, 15) is 10.1 Å². The van der Waals surface area contributed by atoms with Crippen LogP contribution >= 0.6 is 0 Å². The Labute approximate surface area is 170 Å². The van der Waals surface area contributed by atoms with Crippen molar-refractivity contribution in [2.45, 2.75) is 13.3 Å². The molecule has 0 aromatic heterocycles. The van der Waals surface area contributed by atoms with E-state index < -0.39 is 5.97 Å². The van der Waals surface area contributed by atoms with Crippen LogP contribution in [-0.4, -0.2) is 12.6 Å². The summed E-state index contributed by atoms with van der Waals surface area (Å²) in [5.41, 5.74) is 2.27. The third-order valence-corrected chi connectivity index (χ3v) is 4.20. The zero-order valence-electron chi connectivity index (χ0n) is 16.2. The van der Waals surface area contributed by atoms with Gasteiger partial charge in [-0.05, 0) is 30.2 Å². The highest BCUT2D eigenvalue weighted by molar-refractivity contribution is 6.00. The van der Waals surface area contributed by atoms with E-state index in [4.69, 9.17) is 9.47 Å². The van der Waals surface area contributed by atoms with Crippen LogP contribution in [0.1, 0.15) is 18.9 Å². The minimum absolute atomic E-state index is 0.0968. The van der Waals surface area contributed by atoms with Crippen LogP contribution in [0.15, 0.2) is 84.4 Å². The largest absolute Gasteiger partial charge is 0.493 e. The number of hydrogen-bond acceptors (Lipinski definition) is 4. The van der Waals surface area contributed by atoms with Gasteiger partial charge in [0.05, 0.1) is 6.61 Å². The molecule has 4 heteroatoms. The van der Waals surface area contributed by atoms with Crippen molar-refractivity contribution < 1.29 is 14.3 Å². The predicted octanol–water partition coefficient (Wildman–Crippen LogP) is 5.65. The molecule has 0 saturated carbocycles. The number of carbonyl (C=O) groups is 1. The SMILES string of the molecule is CCCOc1ccccc1/C=C(\C#N)C(=O)Oc1ccccc1-c1ccccc1. The molecule has 144 valence electrons.